The monoisotopic (exact) mass is 292 g/mol. The molecule has 1 heterocycles. The third-order valence-electron chi connectivity index (χ3n) is 3.10. The fourth-order valence-electron chi connectivity index (χ4n) is 2.01. The first-order valence-corrected chi connectivity index (χ1v) is 6.40. The lowest BCUT2D eigenvalue weighted by Gasteiger charge is -2.34. The van der Waals surface area contributed by atoms with Crippen molar-refractivity contribution >= 4 is 17.7 Å². The maximum Gasteiger partial charge on any atom is 0.321 e. The topological polar surface area (TPSA) is 117 Å². The number of carbonyl (C=O) groups is 1. The van der Waals surface area contributed by atoms with Gasteiger partial charge in [-0.15, -0.1) is 0 Å². The number of hydrazone groups is 1. The number of nitro groups is 1. The molecule has 1 aromatic rings. The number of anilines is 1. The molecule has 1 aliphatic rings. The number of carbonyl (C=O) groups excluding carboxylic acids is 1. The molecule has 1 aromatic carbocycles. The third kappa shape index (κ3) is 4.06. The van der Waals surface area contributed by atoms with E-state index in [1.165, 1.54) is 0 Å². The Morgan fingerprint density at radius 2 is 1.76 bits per heavy atom. The SMILES string of the molecule is N/C(=N\[N+](=O)[O-])N1CCN(C(=O)Nc2ccccc2)CC1. The number of benzene rings is 1. The van der Waals surface area contributed by atoms with Gasteiger partial charge in [-0.3, -0.25) is 0 Å². The minimum atomic E-state index is -0.830. The standard InChI is InChI=1S/C12H16N6O3/c13-11(15-18(20)21)16-6-8-17(9-7-16)12(19)14-10-4-2-1-3-5-10/h1-5H,6-9H2,(H2,13,15)(H,14,19). The van der Waals surface area contributed by atoms with Crippen LogP contribution in [0.2, 0.25) is 0 Å². The Hall–Kier alpha value is -2.84. The van der Waals surface area contributed by atoms with Crippen LogP contribution in [-0.2, 0) is 0 Å². The van der Waals surface area contributed by atoms with E-state index < -0.39 is 5.03 Å². The van der Waals surface area contributed by atoms with Crippen LogP contribution in [0.5, 0.6) is 0 Å². The number of amides is 2. The van der Waals surface area contributed by atoms with Gasteiger partial charge >= 0.3 is 6.03 Å². The smallest absolute Gasteiger partial charge is 0.321 e. The third-order valence-corrected chi connectivity index (χ3v) is 3.10. The second kappa shape index (κ2) is 6.55. The normalized spacial score (nSPS) is 15.7. The summed E-state index contributed by atoms with van der Waals surface area (Å²) in [6, 6.07) is 8.94. The molecule has 2 rings (SSSR count). The quantitative estimate of drug-likeness (QED) is 0.353. The summed E-state index contributed by atoms with van der Waals surface area (Å²) in [5.74, 6) is -0.136. The zero-order valence-electron chi connectivity index (χ0n) is 11.3. The van der Waals surface area contributed by atoms with Crippen molar-refractivity contribution in [2.45, 2.75) is 0 Å². The first-order valence-electron chi connectivity index (χ1n) is 6.40. The highest BCUT2D eigenvalue weighted by atomic mass is 16.7. The van der Waals surface area contributed by atoms with E-state index in [0.29, 0.717) is 26.2 Å². The van der Waals surface area contributed by atoms with Crippen molar-refractivity contribution in [3.63, 3.8) is 0 Å². The van der Waals surface area contributed by atoms with Crippen LogP contribution in [0.3, 0.4) is 0 Å². The van der Waals surface area contributed by atoms with E-state index in [0.717, 1.165) is 5.69 Å². The van der Waals surface area contributed by atoms with Crippen molar-refractivity contribution < 1.29 is 9.83 Å². The Morgan fingerprint density at radius 1 is 1.19 bits per heavy atom. The fourth-order valence-corrected chi connectivity index (χ4v) is 2.01. The maximum absolute atomic E-state index is 12.0. The minimum absolute atomic E-state index is 0.136. The number of hydrogen-bond donors (Lipinski definition) is 2. The molecule has 0 radical (unpaired) electrons. The van der Waals surface area contributed by atoms with Gasteiger partial charge in [0.2, 0.25) is 0 Å². The molecule has 0 aliphatic carbocycles. The number of piperazine rings is 1. The second-order valence-electron chi connectivity index (χ2n) is 4.47. The van der Waals surface area contributed by atoms with Crippen LogP contribution >= 0.6 is 0 Å². The average Bonchev–Trinajstić information content (AvgIpc) is 2.47. The largest absolute Gasteiger partial charge is 0.365 e. The van der Waals surface area contributed by atoms with E-state index in [4.69, 9.17) is 5.73 Å². The van der Waals surface area contributed by atoms with Crippen LogP contribution in [0.1, 0.15) is 0 Å². The minimum Gasteiger partial charge on any atom is -0.365 e. The Kier molecular flexibility index (Phi) is 4.54. The van der Waals surface area contributed by atoms with E-state index in [1.807, 2.05) is 18.2 Å². The molecule has 1 saturated heterocycles. The number of rotatable bonds is 2. The van der Waals surface area contributed by atoms with E-state index >= 15 is 0 Å². The lowest BCUT2D eigenvalue weighted by Crippen LogP contribution is -2.53. The van der Waals surface area contributed by atoms with Gasteiger partial charge in [0.1, 0.15) is 5.10 Å². The first kappa shape index (κ1) is 14.6. The number of guanidine groups is 1. The highest BCUT2D eigenvalue weighted by Gasteiger charge is 2.23. The summed E-state index contributed by atoms with van der Waals surface area (Å²) in [6.07, 6.45) is 0. The zero-order valence-corrected chi connectivity index (χ0v) is 11.3. The van der Waals surface area contributed by atoms with Crippen LogP contribution < -0.4 is 11.1 Å². The van der Waals surface area contributed by atoms with Crippen molar-refractivity contribution in [1.29, 1.82) is 0 Å². The van der Waals surface area contributed by atoms with Crippen molar-refractivity contribution in [2.75, 3.05) is 31.5 Å². The van der Waals surface area contributed by atoms with Crippen LogP contribution in [-0.4, -0.2) is 53.0 Å². The molecule has 0 unspecified atom stereocenters. The molecule has 9 heteroatoms. The Labute approximate surface area is 121 Å². The number of urea groups is 1. The number of nitrogens with one attached hydrogen (secondary N) is 1. The molecule has 1 aliphatic heterocycles. The van der Waals surface area contributed by atoms with E-state index in [-0.39, 0.29) is 12.0 Å². The fraction of sp³-hybridized carbons (Fsp3) is 0.333. The van der Waals surface area contributed by atoms with Gasteiger partial charge in [0, 0.05) is 31.9 Å². The average molecular weight is 292 g/mol. The lowest BCUT2D eigenvalue weighted by atomic mass is 10.3. The lowest BCUT2D eigenvalue weighted by molar-refractivity contribution is -0.485. The van der Waals surface area contributed by atoms with Gasteiger partial charge in [-0.1, -0.05) is 18.2 Å². The van der Waals surface area contributed by atoms with Crippen LogP contribution in [0, 0.1) is 10.1 Å². The Morgan fingerprint density at radius 3 is 2.33 bits per heavy atom. The van der Waals surface area contributed by atoms with Gasteiger partial charge in [0.05, 0.1) is 0 Å². The molecule has 112 valence electrons. The molecular formula is C12H16N6O3. The predicted molar refractivity (Wildman–Crippen MR) is 77.2 cm³/mol. The summed E-state index contributed by atoms with van der Waals surface area (Å²) in [4.78, 5) is 25.5. The molecule has 2 amide bonds. The van der Waals surface area contributed by atoms with Crippen molar-refractivity contribution in [2.24, 2.45) is 10.8 Å². The van der Waals surface area contributed by atoms with Gasteiger partial charge in [0.25, 0.3) is 5.96 Å². The molecule has 3 N–H and O–H groups in total. The van der Waals surface area contributed by atoms with Crippen LogP contribution in [0.25, 0.3) is 0 Å². The number of nitrogens with two attached hydrogens (primary N) is 1. The molecule has 21 heavy (non-hydrogen) atoms. The molecule has 0 bridgehead atoms. The summed E-state index contributed by atoms with van der Waals surface area (Å²) in [5.41, 5.74) is 6.23. The van der Waals surface area contributed by atoms with Gasteiger partial charge in [-0.25, -0.2) is 14.9 Å². The zero-order chi connectivity index (χ0) is 15.2. The molecule has 0 spiro atoms. The molecule has 9 nitrogen and oxygen atoms in total. The molecule has 1 fully saturated rings. The summed E-state index contributed by atoms with van der Waals surface area (Å²) in [6.45, 7) is 1.66. The summed E-state index contributed by atoms with van der Waals surface area (Å²) in [7, 11) is 0. The summed E-state index contributed by atoms with van der Waals surface area (Å²) < 4.78 is 0. The summed E-state index contributed by atoms with van der Waals surface area (Å²) >= 11 is 0. The molecule has 0 atom stereocenters. The molecule has 0 aromatic heterocycles. The summed E-state index contributed by atoms with van der Waals surface area (Å²) in [5, 5.41) is 15.3. The van der Waals surface area contributed by atoms with Crippen molar-refractivity contribution in [3.05, 3.63) is 40.4 Å². The number of nitrogens with zero attached hydrogens (tertiary/aromatic N) is 4. The number of para-hydroxylation sites is 1. The van der Waals surface area contributed by atoms with Crippen LogP contribution in [0.4, 0.5) is 10.5 Å². The van der Waals surface area contributed by atoms with Crippen LogP contribution in [0.15, 0.2) is 35.4 Å². The maximum atomic E-state index is 12.0. The predicted octanol–water partition coefficient (Wildman–Crippen LogP) is 0.342. The molecule has 0 saturated carbocycles. The Balaban J connectivity index is 1.86. The van der Waals surface area contributed by atoms with Gasteiger partial charge in [-0.2, -0.15) is 0 Å². The first-order chi connectivity index (χ1) is 10.1. The molecular weight excluding hydrogens is 276 g/mol. The highest BCUT2D eigenvalue weighted by Crippen LogP contribution is 2.08. The second-order valence-corrected chi connectivity index (χ2v) is 4.47. The van der Waals surface area contributed by atoms with Crippen molar-refractivity contribution in [1.82, 2.24) is 9.80 Å². The van der Waals surface area contributed by atoms with E-state index in [1.54, 1.807) is 21.9 Å². The van der Waals surface area contributed by atoms with Crippen molar-refractivity contribution in [3.8, 4) is 0 Å². The number of hydrogen-bond acceptors (Lipinski definition) is 3. The van der Waals surface area contributed by atoms with E-state index in [2.05, 4.69) is 10.4 Å². The van der Waals surface area contributed by atoms with Gasteiger partial charge in [0.15, 0.2) is 5.03 Å². The highest BCUT2D eigenvalue weighted by molar-refractivity contribution is 5.89. The Bertz CT molecular complexity index is 539. The van der Waals surface area contributed by atoms with Gasteiger partial charge < -0.3 is 20.9 Å². The van der Waals surface area contributed by atoms with Gasteiger partial charge in [-0.05, 0) is 12.1 Å². The van der Waals surface area contributed by atoms with E-state index in [9.17, 15) is 14.9 Å².